The number of benzene rings is 1. The zero-order valence-corrected chi connectivity index (χ0v) is 11.2. The summed E-state index contributed by atoms with van der Waals surface area (Å²) in [5.41, 5.74) is 3.24. The minimum atomic E-state index is 0.746. The molecule has 20 heavy (non-hydrogen) atoms. The van der Waals surface area contributed by atoms with E-state index in [1.165, 1.54) is 0 Å². The van der Waals surface area contributed by atoms with Crippen LogP contribution in [-0.2, 0) is 13.6 Å². The number of rotatable bonds is 4. The summed E-state index contributed by atoms with van der Waals surface area (Å²) in [6.07, 6.45) is 5.34. The summed E-state index contributed by atoms with van der Waals surface area (Å²) in [5.74, 6) is 0.857. The molecule has 0 aliphatic carbocycles. The van der Waals surface area contributed by atoms with Gasteiger partial charge in [0.25, 0.3) is 0 Å². The lowest BCUT2D eigenvalue weighted by molar-refractivity contribution is 0.920. The SMILES string of the molecule is Cn1cnnc1-c1cccc(NCc2cccnc2)c1. The Morgan fingerprint density at radius 1 is 1.20 bits per heavy atom. The first-order chi connectivity index (χ1) is 9.83. The molecule has 0 amide bonds. The normalized spacial score (nSPS) is 10.4. The van der Waals surface area contributed by atoms with Crippen molar-refractivity contribution >= 4 is 5.69 Å². The van der Waals surface area contributed by atoms with Crippen LogP contribution in [0.3, 0.4) is 0 Å². The number of hydrogen-bond acceptors (Lipinski definition) is 4. The lowest BCUT2D eigenvalue weighted by Gasteiger charge is -2.08. The van der Waals surface area contributed by atoms with Gasteiger partial charge < -0.3 is 9.88 Å². The van der Waals surface area contributed by atoms with Gasteiger partial charge in [0.05, 0.1) is 0 Å². The van der Waals surface area contributed by atoms with Gasteiger partial charge in [-0.25, -0.2) is 0 Å². The number of aryl methyl sites for hydroxylation is 1. The summed E-state index contributed by atoms with van der Waals surface area (Å²) in [5, 5.41) is 11.4. The molecular formula is C15H15N5. The van der Waals surface area contributed by atoms with Gasteiger partial charge in [-0.15, -0.1) is 10.2 Å². The predicted octanol–water partition coefficient (Wildman–Crippen LogP) is 2.49. The van der Waals surface area contributed by atoms with Gasteiger partial charge in [-0.2, -0.15) is 0 Å². The molecule has 2 aromatic heterocycles. The molecule has 100 valence electrons. The van der Waals surface area contributed by atoms with Crippen LogP contribution >= 0.6 is 0 Å². The molecule has 0 saturated heterocycles. The van der Waals surface area contributed by atoms with Gasteiger partial charge in [0, 0.05) is 37.2 Å². The first kappa shape index (κ1) is 12.3. The molecule has 5 nitrogen and oxygen atoms in total. The van der Waals surface area contributed by atoms with E-state index in [0.29, 0.717) is 0 Å². The largest absolute Gasteiger partial charge is 0.381 e. The van der Waals surface area contributed by atoms with Crippen LogP contribution in [0.5, 0.6) is 0 Å². The average molecular weight is 265 g/mol. The van der Waals surface area contributed by atoms with Crippen LogP contribution in [0.15, 0.2) is 55.1 Å². The van der Waals surface area contributed by atoms with Crippen molar-refractivity contribution in [3.63, 3.8) is 0 Å². The Morgan fingerprint density at radius 3 is 2.90 bits per heavy atom. The molecule has 3 aromatic rings. The molecule has 0 fully saturated rings. The van der Waals surface area contributed by atoms with Crippen molar-refractivity contribution in [1.82, 2.24) is 19.7 Å². The maximum Gasteiger partial charge on any atom is 0.163 e. The van der Waals surface area contributed by atoms with E-state index in [9.17, 15) is 0 Å². The molecule has 2 heterocycles. The van der Waals surface area contributed by atoms with Gasteiger partial charge >= 0.3 is 0 Å². The highest BCUT2D eigenvalue weighted by Gasteiger charge is 2.04. The maximum atomic E-state index is 4.12. The highest BCUT2D eigenvalue weighted by molar-refractivity contribution is 5.62. The maximum absolute atomic E-state index is 4.12. The topological polar surface area (TPSA) is 55.6 Å². The van der Waals surface area contributed by atoms with Crippen molar-refractivity contribution in [2.45, 2.75) is 6.54 Å². The van der Waals surface area contributed by atoms with E-state index in [2.05, 4.69) is 26.6 Å². The molecule has 0 unspecified atom stereocenters. The summed E-state index contributed by atoms with van der Waals surface area (Å²) in [4.78, 5) is 4.11. The van der Waals surface area contributed by atoms with Gasteiger partial charge in [0.1, 0.15) is 6.33 Å². The molecule has 0 aliphatic rings. The number of aromatic nitrogens is 4. The van der Waals surface area contributed by atoms with E-state index >= 15 is 0 Å². The van der Waals surface area contributed by atoms with Crippen molar-refractivity contribution in [1.29, 1.82) is 0 Å². The Bertz CT molecular complexity index is 690. The van der Waals surface area contributed by atoms with Crippen LogP contribution in [-0.4, -0.2) is 19.7 Å². The zero-order chi connectivity index (χ0) is 13.8. The number of pyridine rings is 1. The molecule has 0 saturated carbocycles. The van der Waals surface area contributed by atoms with Crippen molar-refractivity contribution < 1.29 is 0 Å². The summed E-state index contributed by atoms with van der Waals surface area (Å²) < 4.78 is 1.90. The molecule has 5 heteroatoms. The molecule has 3 rings (SSSR count). The van der Waals surface area contributed by atoms with Crippen LogP contribution in [0.4, 0.5) is 5.69 Å². The molecule has 1 N–H and O–H groups in total. The molecule has 0 radical (unpaired) electrons. The number of nitrogens with zero attached hydrogens (tertiary/aromatic N) is 4. The third-order valence-corrected chi connectivity index (χ3v) is 3.05. The summed E-state index contributed by atoms with van der Waals surface area (Å²) in [7, 11) is 1.94. The fraction of sp³-hybridized carbons (Fsp3) is 0.133. The van der Waals surface area contributed by atoms with Gasteiger partial charge in [-0.05, 0) is 23.8 Å². The third-order valence-electron chi connectivity index (χ3n) is 3.05. The number of hydrogen-bond donors (Lipinski definition) is 1. The fourth-order valence-corrected chi connectivity index (χ4v) is 2.02. The van der Waals surface area contributed by atoms with Crippen molar-refractivity contribution in [3.05, 3.63) is 60.7 Å². The Morgan fingerprint density at radius 2 is 2.15 bits per heavy atom. The smallest absolute Gasteiger partial charge is 0.163 e. The van der Waals surface area contributed by atoms with Crippen LogP contribution in [0, 0.1) is 0 Å². The first-order valence-corrected chi connectivity index (χ1v) is 6.40. The standard InChI is InChI=1S/C15H15N5/c1-20-11-18-19-15(20)13-5-2-6-14(8-13)17-10-12-4-3-7-16-9-12/h2-9,11,17H,10H2,1H3. The van der Waals surface area contributed by atoms with Gasteiger partial charge in [0.15, 0.2) is 5.82 Å². The molecule has 0 spiro atoms. The monoisotopic (exact) mass is 265 g/mol. The molecule has 0 bridgehead atoms. The lowest BCUT2D eigenvalue weighted by Crippen LogP contribution is -2.00. The van der Waals surface area contributed by atoms with E-state index in [0.717, 1.165) is 29.2 Å². The lowest BCUT2D eigenvalue weighted by atomic mass is 10.2. The molecule has 1 aromatic carbocycles. The second kappa shape index (κ2) is 5.52. The van der Waals surface area contributed by atoms with Crippen LogP contribution in [0.2, 0.25) is 0 Å². The van der Waals surface area contributed by atoms with Crippen LogP contribution in [0.1, 0.15) is 5.56 Å². The highest BCUT2D eigenvalue weighted by Crippen LogP contribution is 2.20. The summed E-state index contributed by atoms with van der Waals surface area (Å²) in [6.45, 7) is 0.746. The van der Waals surface area contributed by atoms with E-state index in [4.69, 9.17) is 0 Å². The van der Waals surface area contributed by atoms with E-state index in [-0.39, 0.29) is 0 Å². The van der Waals surface area contributed by atoms with Gasteiger partial charge in [-0.1, -0.05) is 18.2 Å². The molecule has 0 aliphatic heterocycles. The van der Waals surface area contributed by atoms with Crippen LogP contribution in [0.25, 0.3) is 11.4 Å². The Balaban J connectivity index is 1.77. The summed E-state index contributed by atoms with van der Waals surface area (Å²) in [6, 6.07) is 12.1. The minimum absolute atomic E-state index is 0.746. The van der Waals surface area contributed by atoms with Crippen molar-refractivity contribution in [2.24, 2.45) is 7.05 Å². The van der Waals surface area contributed by atoms with Gasteiger partial charge in [0.2, 0.25) is 0 Å². The van der Waals surface area contributed by atoms with E-state index in [1.807, 2.05) is 48.1 Å². The molecular weight excluding hydrogens is 250 g/mol. The summed E-state index contributed by atoms with van der Waals surface area (Å²) >= 11 is 0. The quantitative estimate of drug-likeness (QED) is 0.787. The average Bonchev–Trinajstić information content (AvgIpc) is 2.93. The van der Waals surface area contributed by atoms with Crippen molar-refractivity contribution in [2.75, 3.05) is 5.32 Å². The Hall–Kier alpha value is -2.69. The Labute approximate surface area is 117 Å². The fourth-order valence-electron chi connectivity index (χ4n) is 2.02. The van der Waals surface area contributed by atoms with Crippen LogP contribution < -0.4 is 5.32 Å². The number of anilines is 1. The van der Waals surface area contributed by atoms with E-state index in [1.54, 1.807) is 12.5 Å². The second-order valence-corrected chi connectivity index (χ2v) is 4.56. The first-order valence-electron chi connectivity index (χ1n) is 6.40. The second-order valence-electron chi connectivity index (χ2n) is 4.56. The molecule has 0 atom stereocenters. The van der Waals surface area contributed by atoms with E-state index < -0.39 is 0 Å². The van der Waals surface area contributed by atoms with Gasteiger partial charge in [-0.3, -0.25) is 4.98 Å². The zero-order valence-electron chi connectivity index (χ0n) is 11.2. The predicted molar refractivity (Wildman–Crippen MR) is 78.0 cm³/mol. The number of nitrogens with one attached hydrogen (secondary N) is 1. The van der Waals surface area contributed by atoms with Crippen molar-refractivity contribution in [3.8, 4) is 11.4 Å². The highest BCUT2D eigenvalue weighted by atomic mass is 15.2. The minimum Gasteiger partial charge on any atom is -0.381 e. The Kier molecular flexibility index (Phi) is 3.41. The third kappa shape index (κ3) is 2.66.